The summed E-state index contributed by atoms with van der Waals surface area (Å²) < 4.78 is 6.72. The van der Waals surface area contributed by atoms with Crippen LogP contribution in [0.25, 0.3) is 0 Å². The first-order valence-electron chi connectivity index (χ1n) is 18.1. The van der Waals surface area contributed by atoms with Gasteiger partial charge in [-0.15, -0.1) is 11.3 Å². The molecule has 3 aliphatic heterocycles. The highest BCUT2D eigenvalue weighted by Gasteiger charge is 2.58. The lowest BCUT2D eigenvalue weighted by Gasteiger charge is -2.40. The fourth-order valence-corrected chi connectivity index (χ4v) is 9.74. The van der Waals surface area contributed by atoms with E-state index in [0.29, 0.717) is 50.3 Å². The quantitative estimate of drug-likeness (QED) is 0.297. The molecule has 2 aromatic heterocycles. The van der Waals surface area contributed by atoms with E-state index >= 15 is 0 Å². The van der Waals surface area contributed by atoms with Gasteiger partial charge in [0.25, 0.3) is 0 Å². The Balaban J connectivity index is 1.16. The van der Waals surface area contributed by atoms with E-state index in [1.165, 1.54) is 30.6 Å². The number of pyridine rings is 1. The normalized spacial score (nSPS) is 25.2. The number of nitrogen functional groups attached to an aromatic ring is 1. The van der Waals surface area contributed by atoms with Gasteiger partial charge >= 0.3 is 18.1 Å². The van der Waals surface area contributed by atoms with Crippen LogP contribution in [0.3, 0.4) is 0 Å². The van der Waals surface area contributed by atoms with Crippen molar-refractivity contribution >= 4 is 46.5 Å². The maximum atomic E-state index is 14.1. The second-order valence-electron chi connectivity index (χ2n) is 15.5. The molecule has 2 N–H and O–H groups in total. The number of rotatable bonds is 7. The number of nitroso groups, excluding NO2 is 1. The fraction of sp³-hybridized carbons (Fsp3) is 0.667. The molecule has 2 atom stereocenters. The molecule has 2 aromatic rings. The Bertz CT molecular complexity index is 1630. The molecule has 12 nitrogen and oxygen atoms in total. The van der Waals surface area contributed by atoms with Gasteiger partial charge in [-0.25, -0.2) is 9.78 Å². The van der Waals surface area contributed by atoms with Crippen molar-refractivity contribution < 1.29 is 14.3 Å². The largest absolute Gasteiger partial charge is 0.444 e. The van der Waals surface area contributed by atoms with Crippen LogP contribution in [0.2, 0.25) is 0 Å². The number of aromatic nitrogens is 1. The van der Waals surface area contributed by atoms with E-state index in [2.05, 4.69) is 39.4 Å². The third-order valence-corrected chi connectivity index (χ3v) is 12.2. The molecule has 7 rings (SSSR count). The van der Waals surface area contributed by atoms with E-state index in [1.54, 1.807) is 16.2 Å². The average Bonchev–Trinajstić information content (AvgIpc) is 3.72. The lowest BCUT2D eigenvalue weighted by molar-refractivity contribution is -0.518. The zero-order chi connectivity index (χ0) is 34.5. The van der Waals surface area contributed by atoms with Crippen LogP contribution in [-0.2, 0) is 23.1 Å². The Kier molecular flexibility index (Phi) is 9.18. The number of hydrogen-bond donors (Lipinski definition) is 1. The number of amides is 1. The minimum atomic E-state index is -0.712. The van der Waals surface area contributed by atoms with Crippen LogP contribution in [0.5, 0.6) is 0 Å². The Hall–Kier alpha value is -3.58. The van der Waals surface area contributed by atoms with E-state index < -0.39 is 17.2 Å². The molecule has 2 unspecified atom stereocenters. The summed E-state index contributed by atoms with van der Waals surface area (Å²) in [7, 11) is 0. The van der Waals surface area contributed by atoms with Crippen molar-refractivity contribution in [1.29, 1.82) is 0 Å². The van der Waals surface area contributed by atoms with Crippen LogP contribution < -0.4 is 15.5 Å². The van der Waals surface area contributed by atoms with Crippen LogP contribution in [-0.4, -0.2) is 102 Å². The molecule has 2 saturated heterocycles. The number of nitrogens with two attached hydrogens (primary N) is 1. The van der Waals surface area contributed by atoms with Crippen LogP contribution in [0, 0.1) is 4.91 Å². The highest BCUT2D eigenvalue weighted by atomic mass is 32.1. The first-order valence-corrected chi connectivity index (χ1v) is 18.9. The summed E-state index contributed by atoms with van der Waals surface area (Å²) in [5.74, 6) is 1.44. The number of fused-ring (bicyclic) bond motifs is 1. The maximum Gasteiger partial charge on any atom is 0.410 e. The summed E-state index contributed by atoms with van der Waals surface area (Å²) in [6, 6.07) is 4.90. The molecule has 1 saturated carbocycles. The van der Waals surface area contributed by atoms with Gasteiger partial charge in [0.2, 0.25) is 0 Å². The number of carbonyl (C=O) groups is 1. The van der Waals surface area contributed by atoms with E-state index in [9.17, 15) is 9.70 Å². The summed E-state index contributed by atoms with van der Waals surface area (Å²) in [5.41, 5.74) is 9.18. The maximum absolute atomic E-state index is 14.1. The third kappa shape index (κ3) is 6.56. The number of aryl methyl sites for hydroxylation is 1. The molecular formula is C36H52N9O3S+. The van der Waals surface area contributed by atoms with Crippen LogP contribution >= 0.6 is 11.3 Å². The van der Waals surface area contributed by atoms with Gasteiger partial charge in [-0.05, 0) is 83.1 Å². The second-order valence-corrected chi connectivity index (χ2v) is 16.6. The fourth-order valence-electron chi connectivity index (χ4n) is 8.49. The smallest absolute Gasteiger partial charge is 0.410 e. The zero-order valence-corrected chi connectivity index (χ0v) is 30.4. The molecule has 0 bridgehead atoms. The van der Waals surface area contributed by atoms with E-state index in [-0.39, 0.29) is 6.09 Å². The molecule has 264 valence electrons. The number of anilines is 3. The van der Waals surface area contributed by atoms with Crippen molar-refractivity contribution in [1.82, 2.24) is 14.8 Å². The predicted octanol–water partition coefficient (Wildman–Crippen LogP) is 5.53. The standard InChI is InChI=1S/C36H52N9O3S/c1-35(2,3)48-34(46)44-19-15-42(16-20-44)25-21-27(39-29(22-25)43-17-13-41(14-18-43)24-9-6-7-10-24)32-40-33(45(32)47)36(4)12-8-11-28-30(36)26(23-38-5)31(37)49-28/h21-22,24,32H,5-20,23,37H2,1-4H3/q+1. The van der Waals surface area contributed by atoms with Gasteiger partial charge in [-0.1, -0.05) is 17.7 Å². The van der Waals surface area contributed by atoms with E-state index in [0.717, 1.165) is 77.8 Å². The number of thiophene rings is 1. The molecule has 3 fully saturated rings. The summed E-state index contributed by atoms with van der Waals surface area (Å²) in [6.45, 7) is 18.3. The molecule has 1 amide bonds. The number of carbonyl (C=O) groups excluding carboxylic acids is 1. The summed E-state index contributed by atoms with van der Waals surface area (Å²) >= 11 is 1.61. The molecule has 5 heterocycles. The molecule has 49 heavy (non-hydrogen) atoms. The highest BCUT2D eigenvalue weighted by Crippen LogP contribution is 2.49. The predicted molar refractivity (Wildman–Crippen MR) is 196 cm³/mol. The topological polar surface area (TPSA) is 123 Å². The molecule has 2 aliphatic carbocycles. The second kappa shape index (κ2) is 13.3. The molecule has 0 radical (unpaired) electrons. The molecular weight excluding hydrogens is 639 g/mol. The van der Waals surface area contributed by atoms with Gasteiger partial charge in [0.15, 0.2) is 0 Å². The Morgan fingerprint density at radius 2 is 1.78 bits per heavy atom. The number of hydrogen-bond acceptors (Lipinski definition) is 11. The molecule has 13 heteroatoms. The number of ether oxygens (including phenoxy) is 1. The summed E-state index contributed by atoms with van der Waals surface area (Å²) in [4.78, 5) is 51.6. The molecule has 5 aliphatic rings. The summed E-state index contributed by atoms with van der Waals surface area (Å²) in [5, 5.41) is 0.762. The van der Waals surface area contributed by atoms with Gasteiger partial charge in [0, 0.05) is 85.4 Å². The number of piperazine rings is 2. The monoisotopic (exact) mass is 690 g/mol. The molecule has 0 spiro atoms. The number of aliphatic imine (C=N–C) groups is 2. The van der Waals surface area contributed by atoms with Crippen LogP contribution in [0.1, 0.15) is 94.1 Å². The Morgan fingerprint density at radius 3 is 2.43 bits per heavy atom. The van der Waals surface area contributed by atoms with Crippen LogP contribution in [0.15, 0.2) is 22.1 Å². The minimum Gasteiger partial charge on any atom is -0.444 e. The van der Waals surface area contributed by atoms with Crippen molar-refractivity contribution in [2.75, 3.05) is 67.9 Å². The van der Waals surface area contributed by atoms with Crippen molar-refractivity contribution in [2.45, 2.75) is 102 Å². The van der Waals surface area contributed by atoms with E-state index in [1.807, 2.05) is 26.8 Å². The first-order chi connectivity index (χ1) is 23.4. The highest BCUT2D eigenvalue weighted by molar-refractivity contribution is 7.16. The van der Waals surface area contributed by atoms with Gasteiger partial charge in [0.1, 0.15) is 22.5 Å². The SMILES string of the molecule is C=NCc1c(N)sc2c1C(C)(C1=NC(c3cc(N4CCN(C(=O)OC(C)(C)C)CC4)cc(N4CCN(C5CCCC5)CC4)n3)[N+]1=O)CCC2. The molecule has 0 aromatic carbocycles. The lowest BCUT2D eigenvalue weighted by Crippen LogP contribution is -2.51. The summed E-state index contributed by atoms with van der Waals surface area (Å²) in [6.07, 6.45) is 7.04. The van der Waals surface area contributed by atoms with Crippen molar-refractivity contribution in [2.24, 2.45) is 9.98 Å². The van der Waals surface area contributed by atoms with Gasteiger partial charge in [-0.3, -0.25) is 9.89 Å². The Labute approximate surface area is 294 Å². The van der Waals surface area contributed by atoms with Crippen molar-refractivity contribution in [3.8, 4) is 0 Å². The Morgan fingerprint density at radius 1 is 1.08 bits per heavy atom. The van der Waals surface area contributed by atoms with Gasteiger partial charge in [0.05, 0.1) is 11.5 Å². The zero-order valence-electron chi connectivity index (χ0n) is 29.6. The van der Waals surface area contributed by atoms with Gasteiger partial charge < -0.3 is 25.2 Å². The first kappa shape index (κ1) is 33.9. The van der Waals surface area contributed by atoms with Gasteiger partial charge in [-0.2, -0.15) is 0 Å². The lowest BCUT2D eigenvalue weighted by atomic mass is 9.70. The number of amidine groups is 1. The van der Waals surface area contributed by atoms with Crippen molar-refractivity contribution in [3.63, 3.8) is 0 Å². The minimum absolute atomic E-state index is 0.277. The average molecular weight is 691 g/mol. The number of nitrogens with zero attached hydrogens (tertiary/aromatic N) is 8. The van der Waals surface area contributed by atoms with E-state index in [4.69, 9.17) is 20.4 Å². The van der Waals surface area contributed by atoms with Crippen LogP contribution in [0.4, 0.5) is 21.3 Å². The van der Waals surface area contributed by atoms with Crippen molar-refractivity contribution in [3.05, 3.63) is 38.7 Å². The third-order valence-electron chi connectivity index (χ3n) is 11.0.